The first kappa shape index (κ1) is 11.7. The van der Waals surface area contributed by atoms with Gasteiger partial charge in [-0.05, 0) is 48.1 Å². The molecule has 2 aliphatic heterocycles. The lowest BCUT2D eigenvalue weighted by Crippen LogP contribution is -2.42. The zero-order valence-electron chi connectivity index (χ0n) is 11.6. The third-order valence-corrected chi connectivity index (χ3v) is 4.52. The van der Waals surface area contributed by atoms with Crippen LogP contribution in [-0.2, 0) is 4.79 Å². The first-order valence-electron chi connectivity index (χ1n) is 7.33. The maximum atomic E-state index is 12.8. The van der Waals surface area contributed by atoms with Crippen molar-refractivity contribution >= 4 is 17.7 Å². The summed E-state index contributed by atoms with van der Waals surface area (Å²) in [4.78, 5) is 14.8. The zero-order valence-corrected chi connectivity index (χ0v) is 11.6. The molecule has 0 bridgehead atoms. The molecular formula is C18H17NO. The van der Waals surface area contributed by atoms with Crippen LogP contribution in [0.15, 0.2) is 53.3 Å². The maximum absolute atomic E-state index is 12.8. The van der Waals surface area contributed by atoms with Gasteiger partial charge in [-0.3, -0.25) is 9.69 Å². The van der Waals surface area contributed by atoms with Crippen LogP contribution in [0.4, 0.5) is 5.69 Å². The fourth-order valence-corrected chi connectivity index (χ4v) is 3.49. The molecule has 2 nitrogen and oxygen atoms in total. The molecule has 0 aromatic heterocycles. The van der Waals surface area contributed by atoms with Crippen molar-refractivity contribution in [3.05, 3.63) is 58.8 Å². The number of rotatable bonds is 1. The summed E-state index contributed by atoms with van der Waals surface area (Å²) in [5.41, 5.74) is 5.96. The predicted octanol–water partition coefficient (Wildman–Crippen LogP) is 4.06. The van der Waals surface area contributed by atoms with Crippen molar-refractivity contribution in [3.63, 3.8) is 0 Å². The molecule has 1 aromatic rings. The van der Waals surface area contributed by atoms with Crippen molar-refractivity contribution in [2.24, 2.45) is 5.92 Å². The van der Waals surface area contributed by atoms with Crippen LogP contribution in [-0.4, -0.2) is 5.91 Å². The van der Waals surface area contributed by atoms with Crippen molar-refractivity contribution in [1.82, 2.24) is 0 Å². The van der Waals surface area contributed by atoms with E-state index in [-0.39, 0.29) is 11.8 Å². The summed E-state index contributed by atoms with van der Waals surface area (Å²) in [5.74, 6) is 0.378. The van der Waals surface area contributed by atoms with Crippen molar-refractivity contribution in [1.29, 1.82) is 0 Å². The molecule has 0 fully saturated rings. The van der Waals surface area contributed by atoms with Gasteiger partial charge in [0.2, 0.25) is 5.91 Å². The van der Waals surface area contributed by atoms with Crippen LogP contribution < -0.4 is 4.90 Å². The Morgan fingerprint density at radius 2 is 2.15 bits per heavy atom. The normalized spacial score (nSPS) is 23.4. The standard InChI is InChI=1S/C18H17NO/c1-2-12-10-14-7-5-8-15-11-13-6-3-4-9-16(13)19(17(14)15)18(12)20/h3-7,9,11-12H,2,8,10H2,1H3. The van der Waals surface area contributed by atoms with Crippen molar-refractivity contribution in [2.75, 3.05) is 4.90 Å². The molecule has 0 radical (unpaired) electrons. The van der Waals surface area contributed by atoms with Crippen LogP contribution in [0.5, 0.6) is 0 Å². The second-order valence-electron chi connectivity index (χ2n) is 5.69. The number of carbonyl (C=O) groups is 1. The average Bonchev–Trinajstić information content (AvgIpc) is 2.49. The van der Waals surface area contributed by atoms with Crippen LogP contribution >= 0.6 is 0 Å². The number of anilines is 1. The van der Waals surface area contributed by atoms with E-state index in [1.165, 1.54) is 11.1 Å². The molecule has 0 spiro atoms. The summed E-state index contributed by atoms with van der Waals surface area (Å²) in [6, 6.07) is 8.21. The molecular weight excluding hydrogens is 246 g/mol. The molecule has 1 aromatic carbocycles. The van der Waals surface area contributed by atoms with Crippen molar-refractivity contribution in [3.8, 4) is 0 Å². The fraction of sp³-hybridized carbons (Fsp3) is 0.278. The number of nitrogens with zero attached hydrogens (tertiary/aromatic N) is 1. The Labute approximate surface area is 119 Å². The van der Waals surface area contributed by atoms with Gasteiger partial charge < -0.3 is 0 Å². The molecule has 100 valence electrons. The number of hydrogen-bond acceptors (Lipinski definition) is 1. The Morgan fingerprint density at radius 1 is 1.30 bits per heavy atom. The Balaban J connectivity index is 1.99. The first-order chi connectivity index (χ1) is 9.79. The molecule has 2 heterocycles. The largest absolute Gasteiger partial charge is 0.280 e. The fourth-order valence-electron chi connectivity index (χ4n) is 3.49. The molecule has 0 saturated heterocycles. The molecule has 1 amide bonds. The van der Waals surface area contributed by atoms with Gasteiger partial charge in [-0.15, -0.1) is 0 Å². The number of fused-ring (bicyclic) bond motifs is 2. The highest BCUT2D eigenvalue weighted by atomic mass is 16.2. The van der Waals surface area contributed by atoms with Gasteiger partial charge in [0.15, 0.2) is 0 Å². The van der Waals surface area contributed by atoms with Gasteiger partial charge >= 0.3 is 0 Å². The van der Waals surface area contributed by atoms with E-state index in [2.05, 4.69) is 37.3 Å². The summed E-state index contributed by atoms with van der Waals surface area (Å²) in [6.45, 7) is 2.10. The molecule has 4 rings (SSSR count). The lowest BCUT2D eigenvalue weighted by molar-refractivity contribution is -0.122. The number of hydrogen-bond donors (Lipinski definition) is 0. The average molecular weight is 263 g/mol. The Hall–Kier alpha value is -2.09. The van der Waals surface area contributed by atoms with Gasteiger partial charge in [-0.2, -0.15) is 0 Å². The van der Waals surface area contributed by atoms with E-state index in [1.807, 2.05) is 17.0 Å². The lowest BCUT2D eigenvalue weighted by Gasteiger charge is -2.40. The summed E-state index contributed by atoms with van der Waals surface area (Å²) in [6.07, 6.45) is 9.39. The van der Waals surface area contributed by atoms with Crippen LogP contribution in [0, 0.1) is 5.92 Å². The highest BCUT2D eigenvalue weighted by Crippen LogP contribution is 2.45. The SMILES string of the molecule is CCC1CC2=C3C(=Cc4ccccc4N3C1=O)CC=C2. The van der Waals surface area contributed by atoms with E-state index >= 15 is 0 Å². The summed E-state index contributed by atoms with van der Waals surface area (Å²) < 4.78 is 0. The smallest absolute Gasteiger partial charge is 0.235 e. The predicted molar refractivity (Wildman–Crippen MR) is 81.1 cm³/mol. The quantitative estimate of drug-likeness (QED) is 0.748. The molecule has 20 heavy (non-hydrogen) atoms. The number of allylic oxidation sites excluding steroid dienone is 4. The zero-order chi connectivity index (χ0) is 13.7. The van der Waals surface area contributed by atoms with E-state index in [9.17, 15) is 4.79 Å². The number of benzene rings is 1. The molecule has 1 aliphatic carbocycles. The van der Waals surface area contributed by atoms with Crippen LogP contribution in [0.25, 0.3) is 6.08 Å². The summed E-state index contributed by atoms with van der Waals surface area (Å²) in [7, 11) is 0. The van der Waals surface area contributed by atoms with Gasteiger partial charge in [-0.25, -0.2) is 0 Å². The van der Waals surface area contributed by atoms with Crippen molar-refractivity contribution in [2.45, 2.75) is 26.2 Å². The minimum atomic E-state index is 0.115. The molecule has 2 heteroatoms. The molecule has 1 atom stereocenters. The first-order valence-corrected chi connectivity index (χ1v) is 7.33. The Morgan fingerprint density at radius 3 is 3.00 bits per heavy atom. The second-order valence-corrected chi connectivity index (χ2v) is 5.69. The maximum Gasteiger partial charge on any atom is 0.235 e. The van der Waals surface area contributed by atoms with E-state index in [0.29, 0.717) is 0 Å². The van der Waals surface area contributed by atoms with Crippen LogP contribution in [0.1, 0.15) is 31.7 Å². The van der Waals surface area contributed by atoms with Gasteiger partial charge in [0, 0.05) is 5.92 Å². The molecule has 3 aliphatic rings. The summed E-state index contributed by atoms with van der Waals surface area (Å²) >= 11 is 0. The topological polar surface area (TPSA) is 20.3 Å². The molecule has 0 N–H and O–H groups in total. The number of carbonyl (C=O) groups excluding carboxylic acids is 1. The number of amides is 1. The highest BCUT2D eigenvalue weighted by Gasteiger charge is 2.38. The van der Waals surface area contributed by atoms with Crippen LogP contribution in [0.3, 0.4) is 0 Å². The molecule has 1 unspecified atom stereocenters. The highest BCUT2D eigenvalue weighted by molar-refractivity contribution is 6.05. The van der Waals surface area contributed by atoms with Crippen LogP contribution in [0.2, 0.25) is 0 Å². The van der Waals surface area contributed by atoms with Gasteiger partial charge in [0.1, 0.15) is 0 Å². The van der Waals surface area contributed by atoms with Gasteiger partial charge in [0.25, 0.3) is 0 Å². The van der Waals surface area contributed by atoms with Gasteiger partial charge in [-0.1, -0.05) is 37.3 Å². The van der Waals surface area contributed by atoms with E-state index < -0.39 is 0 Å². The van der Waals surface area contributed by atoms with Crippen molar-refractivity contribution < 1.29 is 4.79 Å². The monoisotopic (exact) mass is 263 g/mol. The Bertz CT molecular complexity index is 693. The third kappa shape index (κ3) is 1.48. The second kappa shape index (κ2) is 4.20. The summed E-state index contributed by atoms with van der Waals surface area (Å²) in [5, 5.41) is 0. The number of para-hydroxylation sites is 1. The third-order valence-electron chi connectivity index (χ3n) is 4.52. The Kier molecular flexibility index (Phi) is 2.46. The minimum absolute atomic E-state index is 0.115. The van der Waals surface area contributed by atoms with E-state index in [4.69, 9.17) is 0 Å². The van der Waals surface area contributed by atoms with E-state index in [1.54, 1.807) is 0 Å². The van der Waals surface area contributed by atoms with Gasteiger partial charge in [0.05, 0.1) is 11.4 Å². The minimum Gasteiger partial charge on any atom is -0.280 e. The lowest BCUT2D eigenvalue weighted by atomic mass is 9.81. The van der Waals surface area contributed by atoms with E-state index in [0.717, 1.165) is 36.2 Å². The molecule has 0 saturated carbocycles.